The van der Waals surface area contributed by atoms with E-state index in [0.717, 1.165) is 0 Å². The highest BCUT2D eigenvalue weighted by Gasteiger charge is 2.35. The molecule has 0 aliphatic heterocycles. The standard InChI is InChI=1S/C23H26F3N7O5S/c1-2-39(37,38)33-19-15(4-3-9-27-19)10-28-20-18(23(24,25)26)11-29-22(32-20)31-16-7-5-14(6-8-16)21(36)30-17(12-34)13-35/h3-9,11,17,34-35H,2,10,12-13H2,1H3,(H,27,33)(H,30,36)(H2,28,29,31,32). The molecule has 6 N–H and O–H groups in total. The lowest BCUT2D eigenvalue weighted by Gasteiger charge is -2.16. The summed E-state index contributed by atoms with van der Waals surface area (Å²) in [6.07, 6.45) is -2.83. The zero-order valence-corrected chi connectivity index (χ0v) is 21.3. The summed E-state index contributed by atoms with van der Waals surface area (Å²) in [6.45, 7) is 0.307. The molecule has 0 radical (unpaired) electrons. The van der Waals surface area contributed by atoms with Gasteiger partial charge >= 0.3 is 6.18 Å². The third-order valence-corrected chi connectivity index (χ3v) is 6.51. The minimum absolute atomic E-state index is 0.0266. The molecule has 12 nitrogen and oxygen atoms in total. The van der Waals surface area contributed by atoms with Gasteiger partial charge in [-0.2, -0.15) is 18.2 Å². The molecule has 0 atom stereocenters. The van der Waals surface area contributed by atoms with Gasteiger partial charge in [-0.05, 0) is 37.3 Å². The number of rotatable bonds is 12. The molecule has 16 heteroatoms. The normalized spacial score (nSPS) is 11.8. The van der Waals surface area contributed by atoms with Crippen molar-refractivity contribution in [3.8, 4) is 0 Å². The third kappa shape index (κ3) is 8.23. The van der Waals surface area contributed by atoms with Crippen LogP contribution >= 0.6 is 0 Å². The number of carbonyl (C=O) groups is 1. The van der Waals surface area contributed by atoms with Crippen LogP contribution in [0.5, 0.6) is 0 Å². The van der Waals surface area contributed by atoms with Crippen LogP contribution in [0.15, 0.2) is 48.8 Å². The smallest absolute Gasteiger partial charge is 0.394 e. The van der Waals surface area contributed by atoms with Gasteiger partial charge in [0.25, 0.3) is 5.91 Å². The number of benzene rings is 1. The van der Waals surface area contributed by atoms with Crippen LogP contribution in [0.3, 0.4) is 0 Å². The Morgan fingerprint density at radius 3 is 2.36 bits per heavy atom. The summed E-state index contributed by atoms with van der Waals surface area (Å²) in [5, 5.41) is 25.9. The van der Waals surface area contributed by atoms with E-state index < -0.39 is 52.7 Å². The minimum atomic E-state index is -4.78. The Labute approximate surface area is 221 Å². The van der Waals surface area contributed by atoms with E-state index in [2.05, 4.69) is 35.6 Å². The number of alkyl halides is 3. The van der Waals surface area contributed by atoms with Crippen molar-refractivity contribution >= 4 is 39.2 Å². The molecule has 0 bridgehead atoms. The lowest BCUT2D eigenvalue weighted by Crippen LogP contribution is -2.40. The molecule has 39 heavy (non-hydrogen) atoms. The van der Waals surface area contributed by atoms with Crippen LogP contribution in [0.4, 0.5) is 36.4 Å². The fourth-order valence-corrected chi connectivity index (χ4v) is 3.73. The van der Waals surface area contributed by atoms with E-state index in [1.807, 2.05) is 0 Å². The van der Waals surface area contributed by atoms with Gasteiger partial charge in [0.15, 0.2) is 0 Å². The second-order valence-electron chi connectivity index (χ2n) is 8.06. The fraction of sp³-hybridized carbons (Fsp3) is 0.304. The number of aromatic nitrogens is 3. The lowest BCUT2D eigenvalue weighted by molar-refractivity contribution is -0.137. The van der Waals surface area contributed by atoms with Crippen molar-refractivity contribution in [2.75, 3.05) is 34.3 Å². The van der Waals surface area contributed by atoms with E-state index in [0.29, 0.717) is 11.9 Å². The van der Waals surface area contributed by atoms with Crippen LogP contribution in [-0.4, -0.2) is 64.5 Å². The summed E-state index contributed by atoms with van der Waals surface area (Å²) < 4.78 is 67.1. The fourth-order valence-electron chi connectivity index (χ4n) is 3.11. The molecule has 0 spiro atoms. The molecule has 0 fully saturated rings. The SMILES string of the molecule is CCS(=O)(=O)Nc1ncccc1CNc1nc(Nc2ccc(C(=O)NC(CO)CO)cc2)ncc1C(F)(F)F. The highest BCUT2D eigenvalue weighted by atomic mass is 32.2. The van der Waals surface area contributed by atoms with Gasteiger partial charge < -0.3 is 26.2 Å². The van der Waals surface area contributed by atoms with Crippen molar-refractivity contribution in [1.29, 1.82) is 0 Å². The number of amides is 1. The number of pyridine rings is 1. The van der Waals surface area contributed by atoms with Crippen LogP contribution in [0.2, 0.25) is 0 Å². The zero-order valence-electron chi connectivity index (χ0n) is 20.5. The van der Waals surface area contributed by atoms with Gasteiger partial charge in [-0.1, -0.05) is 6.07 Å². The molecule has 0 saturated heterocycles. The van der Waals surface area contributed by atoms with Crippen LogP contribution in [-0.2, 0) is 22.7 Å². The van der Waals surface area contributed by atoms with Gasteiger partial charge in [0.05, 0.1) is 25.0 Å². The van der Waals surface area contributed by atoms with Crippen LogP contribution in [0.25, 0.3) is 0 Å². The second kappa shape index (κ2) is 12.7. The van der Waals surface area contributed by atoms with Crippen molar-refractivity contribution in [3.63, 3.8) is 0 Å². The molecule has 1 aromatic carbocycles. The van der Waals surface area contributed by atoms with Crippen LogP contribution in [0.1, 0.15) is 28.4 Å². The number of nitrogens with one attached hydrogen (secondary N) is 4. The highest BCUT2D eigenvalue weighted by molar-refractivity contribution is 7.92. The Balaban J connectivity index is 1.80. The lowest BCUT2D eigenvalue weighted by atomic mass is 10.2. The zero-order chi connectivity index (χ0) is 28.6. The number of hydrogen-bond acceptors (Lipinski definition) is 10. The molecule has 2 heterocycles. The predicted molar refractivity (Wildman–Crippen MR) is 137 cm³/mol. The number of aliphatic hydroxyl groups is 2. The van der Waals surface area contributed by atoms with Gasteiger partial charge in [0.2, 0.25) is 16.0 Å². The van der Waals surface area contributed by atoms with E-state index in [1.165, 1.54) is 49.5 Å². The molecule has 3 rings (SSSR count). The Morgan fingerprint density at radius 2 is 1.74 bits per heavy atom. The Bertz CT molecular complexity index is 1390. The minimum Gasteiger partial charge on any atom is -0.394 e. The summed E-state index contributed by atoms with van der Waals surface area (Å²) >= 11 is 0. The monoisotopic (exact) mass is 569 g/mol. The van der Waals surface area contributed by atoms with Gasteiger partial charge in [-0.3, -0.25) is 9.52 Å². The maximum atomic E-state index is 13.6. The molecular formula is C23H26F3N7O5S. The predicted octanol–water partition coefficient (Wildman–Crippen LogP) is 2.09. The average molecular weight is 570 g/mol. The molecule has 2 aromatic heterocycles. The summed E-state index contributed by atoms with van der Waals surface area (Å²) in [4.78, 5) is 23.8. The largest absolute Gasteiger partial charge is 0.421 e. The number of nitrogens with zero attached hydrogens (tertiary/aromatic N) is 3. The first-order chi connectivity index (χ1) is 18.5. The topological polar surface area (TPSA) is 178 Å². The molecule has 0 saturated carbocycles. The summed E-state index contributed by atoms with van der Waals surface area (Å²) in [5.41, 5.74) is -0.271. The number of halogens is 3. The quantitative estimate of drug-likeness (QED) is 0.189. The van der Waals surface area contributed by atoms with Crippen molar-refractivity contribution in [3.05, 3.63) is 65.5 Å². The average Bonchev–Trinajstić information content (AvgIpc) is 2.90. The van der Waals surface area contributed by atoms with Crippen molar-refractivity contribution in [1.82, 2.24) is 20.3 Å². The highest BCUT2D eigenvalue weighted by Crippen LogP contribution is 2.34. The first-order valence-corrected chi connectivity index (χ1v) is 13.1. The Morgan fingerprint density at radius 1 is 1.05 bits per heavy atom. The maximum Gasteiger partial charge on any atom is 0.421 e. The summed E-state index contributed by atoms with van der Waals surface area (Å²) in [5.74, 6) is -1.51. The third-order valence-electron chi connectivity index (χ3n) is 5.24. The molecule has 3 aromatic rings. The molecule has 0 aliphatic rings. The summed E-state index contributed by atoms with van der Waals surface area (Å²) in [7, 11) is -3.67. The van der Waals surface area contributed by atoms with E-state index in [1.54, 1.807) is 0 Å². The molecule has 210 valence electrons. The summed E-state index contributed by atoms with van der Waals surface area (Å²) in [6, 6.07) is 7.98. The van der Waals surface area contributed by atoms with Crippen molar-refractivity contribution in [2.24, 2.45) is 0 Å². The van der Waals surface area contributed by atoms with Gasteiger partial charge in [-0.25, -0.2) is 18.4 Å². The second-order valence-corrected chi connectivity index (χ2v) is 10.1. The first kappa shape index (κ1) is 29.5. The van der Waals surface area contributed by atoms with E-state index in [-0.39, 0.29) is 35.2 Å². The van der Waals surface area contributed by atoms with Crippen molar-refractivity contribution in [2.45, 2.75) is 25.7 Å². The van der Waals surface area contributed by atoms with Gasteiger partial charge in [0, 0.05) is 35.8 Å². The molecule has 0 unspecified atom stereocenters. The van der Waals surface area contributed by atoms with Gasteiger partial charge in [0.1, 0.15) is 17.2 Å². The first-order valence-electron chi connectivity index (χ1n) is 11.5. The number of sulfonamides is 1. The molecule has 1 amide bonds. The van der Waals surface area contributed by atoms with Crippen molar-refractivity contribution < 1.29 is 36.6 Å². The number of hydrogen-bond donors (Lipinski definition) is 6. The molecule has 0 aliphatic carbocycles. The van der Waals surface area contributed by atoms with Crippen LogP contribution in [0, 0.1) is 0 Å². The van der Waals surface area contributed by atoms with E-state index in [4.69, 9.17) is 10.2 Å². The number of carbonyl (C=O) groups excluding carboxylic acids is 1. The maximum absolute atomic E-state index is 13.6. The Hall–Kier alpha value is -4.02. The van der Waals surface area contributed by atoms with E-state index in [9.17, 15) is 26.4 Å². The van der Waals surface area contributed by atoms with Crippen LogP contribution < -0.4 is 20.7 Å². The number of anilines is 4. The number of aliphatic hydroxyl groups excluding tert-OH is 2. The molecular weight excluding hydrogens is 543 g/mol. The van der Waals surface area contributed by atoms with E-state index >= 15 is 0 Å². The van der Waals surface area contributed by atoms with Gasteiger partial charge in [-0.15, -0.1) is 0 Å². The Kier molecular flexibility index (Phi) is 9.61.